The Morgan fingerprint density at radius 3 is 2.67 bits per heavy atom. The van der Waals surface area contributed by atoms with Gasteiger partial charge in [0.2, 0.25) is 6.79 Å². The predicted octanol–water partition coefficient (Wildman–Crippen LogP) is 8.03. The van der Waals surface area contributed by atoms with E-state index in [1.165, 1.54) is 6.21 Å². The van der Waals surface area contributed by atoms with Crippen molar-refractivity contribution < 1.29 is 23.8 Å². The Morgan fingerprint density at radius 1 is 1.02 bits per heavy atom. The molecule has 1 aromatic heterocycles. The van der Waals surface area contributed by atoms with Crippen molar-refractivity contribution in [1.82, 2.24) is 10.4 Å². The zero-order valence-electron chi connectivity index (χ0n) is 21.8. The molecule has 1 amide bonds. The van der Waals surface area contributed by atoms with Crippen LogP contribution in [0.15, 0.2) is 86.8 Å². The average molecular weight is 710 g/mol. The number of esters is 1. The first-order chi connectivity index (χ1) is 20.3. The van der Waals surface area contributed by atoms with Crippen LogP contribution in [0, 0.1) is 6.92 Å². The topological polar surface area (TPSA) is 102 Å². The van der Waals surface area contributed by atoms with E-state index in [-0.39, 0.29) is 18.1 Å². The Kier molecular flexibility index (Phi) is 7.76. The van der Waals surface area contributed by atoms with E-state index in [2.05, 4.69) is 47.4 Å². The quantitative estimate of drug-likeness (QED) is 0.0805. The summed E-state index contributed by atoms with van der Waals surface area (Å²) in [5.41, 5.74) is 6.85. The highest BCUT2D eigenvalue weighted by atomic mass is 79.9. The normalized spacial score (nSPS) is 12.2. The van der Waals surface area contributed by atoms with Crippen LogP contribution < -0.4 is 19.6 Å². The highest BCUT2D eigenvalue weighted by Crippen LogP contribution is 2.38. The third-order valence-corrected chi connectivity index (χ3v) is 7.91. The largest absolute Gasteiger partial charge is 0.454 e. The number of amides is 1. The van der Waals surface area contributed by atoms with Crippen molar-refractivity contribution in [2.75, 3.05) is 6.79 Å². The lowest BCUT2D eigenvalue weighted by molar-refractivity contribution is 0.0732. The van der Waals surface area contributed by atoms with E-state index < -0.39 is 11.9 Å². The lowest BCUT2D eigenvalue weighted by Gasteiger charge is -2.11. The third-order valence-electron chi connectivity index (χ3n) is 6.53. The second-order valence-electron chi connectivity index (χ2n) is 9.37. The molecule has 0 saturated heterocycles. The number of fused-ring (bicyclic) bond motifs is 2. The van der Waals surface area contributed by atoms with Crippen molar-refractivity contribution in [3.63, 3.8) is 0 Å². The van der Waals surface area contributed by atoms with E-state index in [0.29, 0.717) is 42.3 Å². The standard InChI is InChI=1S/C31H20Br2ClN3O5/c1-16-6-8-24-21(10-16)27(20-4-2-3-5-23(20)34)28(36-24)30(38)37-35-14-18-11-19(32)13-22(33)29(18)42-31(39)17-7-9-25-26(12-17)41-15-40-25/h2-14,36H,15H2,1H3,(H,37,38). The molecule has 2 N–H and O–H groups in total. The van der Waals surface area contributed by atoms with Gasteiger partial charge in [-0.25, -0.2) is 10.2 Å². The van der Waals surface area contributed by atoms with Crippen LogP contribution in [-0.4, -0.2) is 29.9 Å². The van der Waals surface area contributed by atoms with Crippen LogP contribution in [0.25, 0.3) is 22.0 Å². The first kappa shape index (κ1) is 28.0. The number of carbonyl (C=O) groups excluding carboxylic acids is 2. The number of nitrogens with zero attached hydrogens (tertiary/aromatic N) is 1. The zero-order valence-corrected chi connectivity index (χ0v) is 25.8. The molecule has 0 saturated carbocycles. The fraction of sp³-hybridized carbons (Fsp3) is 0.0645. The number of benzene rings is 4. The van der Waals surface area contributed by atoms with E-state index in [0.717, 1.165) is 22.0 Å². The number of aryl methyl sites for hydroxylation is 1. The number of hydrazone groups is 1. The number of aromatic nitrogens is 1. The van der Waals surface area contributed by atoms with Gasteiger partial charge in [0.15, 0.2) is 17.2 Å². The summed E-state index contributed by atoms with van der Waals surface area (Å²) in [4.78, 5) is 29.7. The molecule has 0 atom stereocenters. The lowest BCUT2D eigenvalue weighted by atomic mass is 10.0. The molecule has 0 radical (unpaired) electrons. The van der Waals surface area contributed by atoms with Crippen molar-refractivity contribution in [1.29, 1.82) is 0 Å². The number of carbonyl (C=O) groups is 2. The van der Waals surface area contributed by atoms with E-state index in [1.807, 2.05) is 43.3 Å². The molecule has 0 fully saturated rings. The molecule has 8 nitrogen and oxygen atoms in total. The first-order valence-electron chi connectivity index (χ1n) is 12.6. The molecular weight excluding hydrogens is 690 g/mol. The van der Waals surface area contributed by atoms with Crippen molar-refractivity contribution in [2.45, 2.75) is 6.92 Å². The van der Waals surface area contributed by atoms with Gasteiger partial charge in [0.25, 0.3) is 5.91 Å². The maximum absolute atomic E-state index is 13.4. The van der Waals surface area contributed by atoms with Crippen LogP contribution in [0.3, 0.4) is 0 Å². The van der Waals surface area contributed by atoms with Crippen LogP contribution in [0.2, 0.25) is 5.02 Å². The number of nitrogens with one attached hydrogen (secondary N) is 2. The molecular formula is C31H20Br2ClN3O5. The molecule has 0 unspecified atom stereocenters. The summed E-state index contributed by atoms with van der Waals surface area (Å²) < 4.78 is 17.6. The van der Waals surface area contributed by atoms with Gasteiger partial charge in [0.05, 0.1) is 16.3 Å². The Bertz CT molecular complexity index is 1920. The van der Waals surface area contributed by atoms with Crippen LogP contribution >= 0.6 is 43.5 Å². The number of H-pyrrole nitrogens is 1. The molecule has 2 heterocycles. The highest BCUT2D eigenvalue weighted by molar-refractivity contribution is 9.11. The van der Waals surface area contributed by atoms with Gasteiger partial charge in [-0.2, -0.15) is 5.10 Å². The fourth-order valence-electron chi connectivity index (χ4n) is 4.60. The van der Waals surface area contributed by atoms with Crippen LogP contribution in [0.1, 0.15) is 32.0 Å². The van der Waals surface area contributed by atoms with Gasteiger partial charge < -0.3 is 19.2 Å². The summed E-state index contributed by atoms with van der Waals surface area (Å²) in [6.45, 7) is 2.08. The second kappa shape index (κ2) is 11.6. The van der Waals surface area contributed by atoms with Crippen molar-refractivity contribution >= 4 is 72.5 Å². The summed E-state index contributed by atoms with van der Waals surface area (Å²) in [5.74, 6) is 0.169. The monoisotopic (exact) mass is 707 g/mol. The molecule has 1 aliphatic rings. The fourth-order valence-corrected chi connectivity index (χ4v) is 6.16. The van der Waals surface area contributed by atoms with Gasteiger partial charge in [0, 0.05) is 37.1 Å². The Hall–Kier alpha value is -4.12. The minimum atomic E-state index is -0.604. The van der Waals surface area contributed by atoms with Gasteiger partial charge in [-0.05, 0) is 71.4 Å². The summed E-state index contributed by atoms with van der Waals surface area (Å²) in [7, 11) is 0. The molecule has 0 bridgehead atoms. The molecule has 42 heavy (non-hydrogen) atoms. The van der Waals surface area contributed by atoms with Gasteiger partial charge in [-0.3, -0.25) is 4.79 Å². The van der Waals surface area contributed by atoms with E-state index >= 15 is 0 Å². The number of rotatable bonds is 6. The summed E-state index contributed by atoms with van der Waals surface area (Å²) in [6.07, 6.45) is 1.40. The molecule has 5 aromatic rings. The van der Waals surface area contributed by atoms with Gasteiger partial charge >= 0.3 is 5.97 Å². The summed E-state index contributed by atoms with van der Waals surface area (Å²) in [5, 5.41) is 5.57. The molecule has 0 spiro atoms. The number of halogens is 3. The predicted molar refractivity (Wildman–Crippen MR) is 168 cm³/mol. The average Bonchev–Trinajstić information content (AvgIpc) is 3.59. The molecule has 4 aromatic carbocycles. The van der Waals surface area contributed by atoms with Gasteiger partial charge in [-0.1, -0.05) is 57.4 Å². The van der Waals surface area contributed by atoms with Crippen molar-refractivity contribution in [3.8, 4) is 28.4 Å². The smallest absolute Gasteiger partial charge is 0.343 e. The van der Waals surface area contributed by atoms with Crippen molar-refractivity contribution in [3.05, 3.63) is 109 Å². The minimum absolute atomic E-state index is 0.0937. The lowest BCUT2D eigenvalue weighted by Crippen LogP contribution is -2.19. The third kappa shape index (κ3) is 5.53. The number of hydrogen-bond donors (Lipinski definition) is 2. The molecule has 6 rings (SSSR count). The van der Waals surface area contributed by atoms with Crippen LogP contribution in [0.4, 0.5) is 0 Å². The van der Waals surface area contributed by atoms with E-state index in [1.54, 1.807) is 36.4 Å². The van der Waals surface area contributed by atoms with Crippen molar-refractivity contribution in [2.24, 2.45) is 5.10 Å². The second-order valence-corrected chi connectivity index (χ2v) is 11.5. The molecule has 1 aliphatic heterocycles. The summed E-state index contributed by atoms with van der Waals surface area (Å²) >= 11 is 13.4. The molecule has 0 aliphatic carbocycles. The number of aromatic amines is 1. The Labute approximate surface area is 261 Å². The maximum Gasteiger partial charge on any atom is 0.343 e. The maximum atomic E-state index is 13.4. The van der Waals surface area contributed by atoms with Gasteiger partial charge in [0.1, 0.15) is 5.69 Å². The molecule has 11 heteroatoms. The number of ether oxygens (including phenoxy) is 3. The SMILES string of the molecule is Cc1ccc2[nH]c(C(=O)NN=Cc3cc(Br)cc(Br)c3OC(=O)c3ccc4c(c3)OCO4)c(-c3ccccc3Cl)c2c1. The summed E-state index contributed by atoms with van der Waals surface area (Å²) in [6, 6.07) is 21.5. The Morgan fingerprint density at radius 2 is 1.83 bits per heavy atom. The zero-order chi connectivity index (χ0) is 29.4. The highest BCUT2D eigenvalue weighted by Gasteiger charge is 2.22. The van der Waals surface area contributed by atoms with Gasteiger partial charge in [-0.15, -0.1) is 0 Å². The number of hydrogen-bond acceptors (Lipinski definition) is 6. The van der Waals surface area contributed by atoms with Crippen LogP contribution in [0.5, 0.6) is 17.2 Å². The molecule has 210 valence electrons. The first-order valence-corrected chi connectivity index (χ1v) is 14.6. The van der Waals surface area contributed by atoms with E-state index in [4.69, 9.17) is 25.8 Å². The minimum Gasteiger partial charge on any atom is -0.454 e. The van der Waals surface area contributed by atoms with E-state index in [9.17, 15) is 9.59 Å². The Balaban J connectivity index is 1.29. The van der Waals surface area contributed by atoms with Crippen LogP contribution in [-0.2, 0) is 0 Å².